The third kappa shape index (κ3) is 3.46. The van der Waals surface area contributed by atoms with E-state index in [1.165, 1.54) is 12.8 Å². The average molecular weight is 282 g/mol. The van der Waals surface area contributed by atoms with Gasteiger partial charge in [0.05, 0.1) is 5.54 Å². The predicted molar refractivity (Wildman–Crippen MR) is 80.8 cm³/mol. The highest BCUT2D eigenvalue weighted by molar-refractivity contribution is 5.70. The molecule has 116 valence electrons. The van der Waals surface area contributed by atoms with Gasteiger partial charge in [0.1, 0.15) is 5.60 Å². The second kappa shape index (κ2) is 5.55. The maximum atomic E-state index is 12.4. The summed E-state index contributed by atoms with van der Waals surface area (Å²) >= 11 is 0. The fourth-order valence-electron chi connectivity index (χ4n) is 3.16. The van der Waals surface area contributed by atoms with Crippen molar-refractivity contribution < 1.29 is 9.53 Å². The maximum Gasteiger partial charge on any atom is 0.410 e. The van der Waals surface area contributed by atoms with Gasteiger partial charge >= 0.3 is 6.09 Å². The molecule has 0 aromatic carbocycles. The van der Waals surface area contributed by atoms with Crippen LogP contribution in [0.25, 0.3) is 0 Å². The summed E-state index contributed by atoms with van der Waals surface area (Å²) in [5, 5.41) is 0. The van der Waals surface area contributed by atoms with Gasteiger partial charge in [0.15, 0.2) is 0 Å². The van der Waals surface area contributed by atoms with Crippen LogP contribution in [0.3, 0.4) is 0 Å². The van der Waals surface area contributed by atoms with E-state index in [1.54, 1.807) is 0 Å². The second-order valence-electron chi connectivity index (χ2n) is 7.46. The van der Waals surface area contributed by atoms with Gasteiger partial charge in [-0.25, -0.2) is 4.79 Å². The summed E-state index contributed by atoms with van der Waals surface area (Å²) in [6.45, 7) is 13.2. The number of carbonyl (C=O) groups excluding carboxylic acids is 1. The van der Waals surface area contributed by atoms with Crippen LogP contribution in [0.2, 0.25) is 0 Å². The fraction of sp³-hybridized carbons (Fsp3) is 0.938. The van der Waals surface area contributed by atoms with Gasteiger partial charge in [-0.3, -0.25) is 9.80 Å². The Hall–Kier alpha value is -0.770. The quantitative estimate of drug-likeness (QED) is 0.796. The standard InChI is InChI=1S/C16H30N2O2/c1-6-7-13(2)17-10-11-18(16(12-17)8-9-16)14(19)20-15(3,4)5/h13H,6-12H2,1-5H3. The van der Waals surface area contributed by atoms with Crippen LogP contribution >= 0.6 is 0 Å². The minimum absolute atomic E-state index is 0.0720. The van der Waals surface area contributed by atoms with E-state index >= 15 is 0 Å². The lowest BCUT2D eigenvalue weighted by Crippen LogP contribution is -2.59. The van der Waals surface area contributed by atoms with Crippen molar-refractivity contribution in [2.45, 2.75) is 77.5 Å². The normalized spacial score (nSPS) is 23.8. The summed E-state index contributed by atoms with van der Waals surface area (Å²) < 4.78 is 5.56. The highest BCUT2D eigenvalue weighted by atomic mass is 16.6. The lowest BCUT2D eigenvalue weighted by molar-refractivity contribution is -0.0132. The minimum atomic E-state index is -0.403. The van der Waals surface area contributed by atoms with E-state index in [1.807, 2.05) is 25.7 Å². The van der Waals surface area contributed by atoms with Crippen LogP contribution in [-0.4, -0.2) is 52.7 Å². The number of nitrogens with zero attached hydrogens (tertiary/aromatic N) is 2. The van der Waals surface area contributed by atoms with Crippen molar-refractivity contribution in [3.8, 4) is 0 Å². The zero-order valence-electron chi connectivity index (χ0n) is 13.7. The molecule has 2 fully saturated rings. The van der Waals surface area contributed by atoms with Gasteiger partial charge < -0.3 is 4.74 Å². The zero-order chi connectivity index (χ0) is 15.0. The molecule has 2 aliphatic rings. The summed E-state index contributed by atoms with van der Waals surface area (Å²) in [5.41, 5.74) is -0.331. The molecule has 0 N–H and O–H groups in total. The third-order valence-electron chi connectivity index (χ3n) is 4.45. The van der Waals surface area contributed by atoms with Gasteiger partial charge in [0, 0.05) is 25.7 Å². The van der Waals surface area contributed by atoms with Crippen molar-refractivity contribution in [1.29, 1.82) is 0 Å². The molecule has 0 bridgehead atoms. The second-order valence-corrected chi connectivity index (χ2v) is 7.46. The summed E-state index contributed by atoms with van der Waals surface area (Å²) in [6, 6.07) is 0.623. The Labute approximate surface area is 123 Å². The van der Waals surface area contributed by atoms with Crippen LogP contribution < -0.4 is 0 Å². The zero-order valence-corrected chi connectivity index (χ0v) is 13.7. The first kappa shape index (κ1) is 15.6. The van der Waals surface area contributed by atoms with E-state index in [0.717, 1.165) is 32.5 Å². The molecule has 20 heavy (non-hydrogen) atoms. The van der Waals surface area contributed by atoms with Gasteiger partial charge in [0.2, 0.25) is 0 Å². The van der Waals surface area contributed by atoms with Crippen molar-refractivity contribution in [3.63, 3.8) is 0 Å². The summed E-state index contributed by atoms with van der Waals surface area (Å²) in [5.74, 6) is 0. The molecule has 1 aliphatic carbocycles. The minimum Gasteiger partial charge on any atom is -0.444 e. The van der Waals surface area contributed by atoms with Crippen LogP contribution in [0.5, 0.6) is 0 Å². The predicted octanol–water partition coefficient (Wildman–Crippen LogP) is 3.26. The lowest BCUT2D eigenvalue weighted by Gasteiger charge is -2.44. The molecule has 4 heteroatoms. The number of ether oxygens (including phenoxy) is 1. The van der Waals surface area contributed by atoms with Crippen LogP contribution in [0, 0.1) is 0 Å². The highest BCUT2D eigenvalue weighted by Crippen LogP contribution is 2.45. The molecular formula is C16H30N2O2. The first-order valence-electron chi connectivity index (χ1n) is 8.02. The molecule has 0 aromatic heterocycles. The molecular weight excluding hydrogens is 252 g/mol. The van der Waals surface area contributed by atoms with Gasteiger partial charge in [-0.1, -0.05) is 13.3 Å². The number of carbonyl (C=O) groups is 1. The summed E-state index contributed by atoms with van der Waals surface area (Å²) in [7, 11) is 0. The molecule has 1 unspecified atom stereocenters. The van der Waals surface area contributed by atoms with Crippen LogP contribution in [0.4, 0.5) is 4.79 Å². The average Bonchev–Trinajstić information content (AvgIpc) is 3.06. The van der Waals surface area contributed by atoms with Gasteiger partial charge in [-0.05, 0) is 47.0 Å². The van der Waals surface area contributed by atoms with Crippen molar-refractivity contribution in [3.05, 3.63) is 0 Å². The van der Waals surface area contributed by atoms with Gasteiger partial charge in [-0.2, -0.15) is 0 Å². The Morgan fingerprint density at radius 1 is 1.30 bits per heavy atom. The molecule has 1 heterocycles. The number of hydrogen-bond donors (Lipinski definition) is 0. The molecule has 0 radical (unpaired) electrons. The Morgan fingerprint density at radius 2 is 1.95 bits per heavy atom. The van der Waals surface area contributed by atoms with E-state index in [9.17, 15) is 4.79 Å². The Balaban J connectivity index is 1.97. The smallest absolute Gasteiger partial charge is 0.410 e. The summed E-state index contributed by atoms with van der Waals surface area (Å²) in [4.78, 5) is 16.9. The van der Waals surface area contributed by atoms with Crippen molar-refractivity contribution >= 4 is 6.09 Å². The third-order valence-corrected chi connectivity index (χ3v) is 4.45. The Bertz CT molecular complexity index is 358. The number of amides is 1. The SMILES string of the molecule is CCCC(C)N1CCN(C(=O)OC(C)(C)C)C2(CC2)C1. The fourth-order valence-corrected chi connectivity index (χ4v) is 3.16. The molecule has 4 nitrogen and oxygen atoms in total. The lowest BCUT2D eigenvalue weighted by atomic mass is 10.1. The maximum absolute atomic E-state index is 12.4. The first-order valence-corrected chi connectivity index (χ1v) is 8.02. The van der Waals surface area contributed by atoms with E-state index in [4.69, 9.17) is 4.74 Å². The summed E-state index contributed by atoms with van der Waals surface area (Å²) in [6.07, 6.45) is 4.59. The van der Waals surface area contributed by atoms with Gasteiger partial charge in [-0.15, -0.1) is 0 Å². The molecule has 2 rings (SSSR count). The number of piperazine rings is 1. The largest absolute Gasteiger partial charge is 0.444 e. The molecule has 1 atom stereocenters. The van der Waals surface area contributed by atoms with Crippen LogP contribution in [-0.2, 0) is 4.74 Å². The molecule has 1 amide bonds. The molecule has 0 aromatic rings. The number of rotatable bonds is 3. The molecule has 1 saturated heterocycles. The topological polar surface area (TPSA) is 32.8 Å². The Morgan fingerprint density at radius 3 is 2.45 bits per heavy atom. The highest BCUT2D eigenvalue weighted by Gasteiger charge is 2.54. The van der Waals surface area contributed by atoms with Crippen LogP contribution in [0.1, 0.15) is 60.3 Å². The van der Waals surface area contributed by atoms with Crippen molar-refractivity contribution in [2.75, 3.05) is 19.6 Å². The molecule has 1 spiro atoms. The van der Waals surface area contributed by atoms with Crippen molar-refractivity contribution in [1.82, 2.24) is 9.80 Å². The van der Waals surface area contributed by atoms with E-state index in [0.29, 0.717) is 6.04 Å². The van der Waals surface area contributed by atoms with E-state index < -0.39 is 5.60 Å². The first-order chi connectivity index (χ1) is 9.27. The molecule has 1 saturated carbocycles. The molecule has 1 aliphatic heterocycles. The Kier molecular flexibility index (Phi) is 4.33. The monoisotopic (exact) mass is 282 g/mol. The van der Waals surface area contributed by atoms with Gasteiger partial charge in [0.25, 0.3) is 0 Å². The van der Waals surface area contributed by atoms with E-state index in [-0.39, 0.29) is 11.6 Å². The van der Waals surface area contributed by atoms with Crippen molar-refractivity contribution in [2.24, 2.45) is 0 Å². The number of hydrogen-bond acceptors (Lipinski definition) is 3. The van der Waals surface area contributed by atoms with Crippen LogP contribution in [0.15, 0.2) is 0 Å². The van der Waals surface area contributed by atoms with E-state index in [2.05, 4.69) is 18.7 Å².